The monoisotopic (exact) mass is 395 g/mol. The molecule has 1 N–H and O–H groups in total. The van der Waals surface area contributed by atoms with E-state index in [0.29, 0.717) is 31.1 Å². The van der Waals surface area contributed by atoms with E-state index in [4.69, 9.17) is 11.6 Å². The molecule has 7 heteroatoms. The minimum atomic E-state index is -0.331. The van der Waals surface area contributed by atoms with Gasteiger partial charge in [0.05, 0.1) is 6.04 Å². The molecule has 1 fully saturated rings. The molecule has 0 bridgehead atoms. The summed E-state index contributed by atoms with van der Waals surface area (Å²) in [5, 5.41) is 9.90. The van der Waals surface area contributed by atoms with E-state index >= 15 is 0 Å². The molecule has 27 heavy (non-hydrogen) atoms. The summed E-state index contributed by atoms with van der Waals surface area (Å²) in [6.45, 7) is 5.05. The van der Waals surface area contributed by atoms with E-state index in [1.54, 1.807) is 17.0 Å². The van der Waals surface area contributed by atoms with Crippen LogP contribution in [0.2, 0.25) is 5.02 Å². The van der Waals surface area contributed by atoms with E-state index in [1.807, 2.05) is 11.9 Å². The second-order valence-electron chi connectivity index (χ2n) is 7.21. The van der Waals surface area contributed by atoms with Crippen LogP contribution in [0.15, 0.2) is 18.2 Å². The largest absolute Gasteiger partial charge is 0.508 e. The third-order valence-corrected chi connectivity index (χ3v) is 5.58. The molecule has 1 aliphatic heterocycles. The number of hydrogen-bond donors (Lipinski definition) is 1. The molecule has 1 heterocycles. The van der Waals surface area contributed by atoms with Crippen LogP contribution in [0.1, 0.15) is 24.8 Å². The van der Waals surface area contributed by atoms with Gasteiger partial charge in [-0.25, -0.2) is 0 Å². The molecule has 0 radical (unpaired) electrons. The highest BCUT2D eigenvalue weighted by Crippen LogP contribution is 2.23. The van der Waals surface area contributed by atoms with Crippen molar-refractivity contribution < 1.29 is 14.7 Å². The van der Waals surface area contributed by atoms with Crippen molar-refractivity contribution in [3.63, 3.8) is 0 Å². The second-order valence-corrected chi connectivity index (χ2v) is 7.61. The molecule has 0 saturated carbocycles. The van der Waals surface area contributed by atoms with Crippen LogP contribution >= 0.6 is 11.6 Å². The Hall–Kier alpha value is -1.63. The van der Waals surface area contributed by atoms with Gasteiger partial charge in [-0.2, -0.15) is 0 Å². The summed E-state index contributed by atoms with van der Waals surface area (Å²) < 4.78 is 0. The molecular weight excluding hydrogens is 366 g/mol. The van der Waals surface area contributed by atoms with Crippen molar-refractivity contribution in [3.05, 3.63) is 28.8 Å². The van der Waals surface area contributed by atoms with Crippen LogP contribution in [0, 0.1) is 0 Å². The molecule has 1 saturated heterocycles. The van der Waals surface area contributed by atoms with Crippen LogP contribution in [-0.4, -0.2) is 84.9 Å². The van der Waals surface area contributed by atoms with Crippen molar-refractivity contribution in [3.8, 4) is 5.75 Å². The Balaban J connectivity index is 1.80. The van der Waals surface area contributed by atoms with Crippen LogP contribution in [0.4, 0.5) is 0 Å². The maximum Gasteiger partial charge on any atom is 0.209 e. The zero-order chi connectivity index (χ0) is 19.6. The number of piperidine rings is 1. The van der Waals surface area contributed by atoms with Crippen molar-refractivity contribution in [1.82, 2.24) is 14.7 Å². The van der Waals surface area contributed by atoms with E-state index in [2.05, 4.69) is 4.90 Å². The molecule has 6 nitrogen and oxygen atoms in total. The number of likely N-dealkylation sites (tertiary alicyclic amines) is 1. The van der Waals surface area contributed by atoms with Crippen molar-refractivity contribution in [2.75, 3.05) is 46.3 Å². The van der Waals surface area contributed by atoms with Gasteiger partial charge in [0.2, 0.25) is 6.41 Å². The average molecular weight is 396 g/mol. The molecule has 1 aliphatic rings. The summed E-state index contributed by atoms with van der Waals surface area (Å²) >= 11 is 6.15. The van der Waals surface area contributed by atoms with Crippen LogP contribution in [0.5, 0.6) is 5.75 Å². The van der Waals surface area contributed by atoms with Gasteiger partial charge in [-0.15, -0.1) is 0 Å². The number of carbonyl (C=O) groups is 2. The Labute approximate surface area is 166 Å². The predicted octanol–water partition coefficient (Wildman–Crippen LogP) is 2.03. The number of phenolic OH excluding ortho intramolecular Hbond substituents is 1. The van der Waals surface area contributed by atoms with Crippen LogP contribution in [0.3, 0.4) is 0 Å². The fourth-order valence-corrected chi connectivity index (χ4v) is 3.61. The summed E-state index contributed by atoms with van der Waals surface area (Å²) in [4.78, 5) is 29.1. The molecule has 1 aromatic carbocycles. The number of nitrogens with zero attached hydrogens (tertiary/aromatic N) is 3. The quantitative estimate of drug-likeness (QED) is 0.581. The number of rotatable bonds is 11. The molecule has 2 rings (SSSR count). The Morgan fingerprint density at radius 3 is 2.56 bits per heavy atom. The third kappa shape index (κ3) is 7.13. The van der Waals surface area contributed by atoms with E-state index in [9.17, 15) is 14.7 Å². The zero-order valence-electron chi connectivity index (χ0n) is 16.0. The van der Waals surface area contributed by atoms with Crippen LogP contribution in [-0.2, 0) is 16.0 Å². The van der Waals surface area contributed by atoms with Crippen molar-refractivity contribution in [2.45, 2.75) is 31.7 Å². The summed E-state index contributed by atoms with van der Waals surface area (Å²) in [5.74, 6) is 0.107. The van der Waals surface area contributed by atoms with Gasteiger partial charge in [-0.1, -0.05) is 24.1 Å². The molecule has 1 unspecified atom stereocenters. The van der Waals surface area contributed by atoms with Gasteiger partial charge in [0.25, 0.3) is 0 Å². The highest BCUT2D eigenvalue weighted by Gasteiger charge is 2.18. The Kier molecular flexibility index (Phi) is 9.04. The third-order valence-electron chi connectivity index (χ3n) is 5.23. The van der Waals surface area contributed by atoms with Gasteiger partial charge in [0.15, 0.2) is 0 Å². The number of phenols is 1. The molecule has 0 spiro atoms. The summed E-state index contributed by atoms with van der Waals surface area (Å²) in [7, 11) is 1.88. The molecule has 0 aliphatic carbocycles. The molecule has 1 atom stereocenters. The van der Waals surface area contributed by atoms with Crippen LogP contribution < -0.4 is 0 Å². The second kappa shape index (κ2) is 11.3. The van der Waals surface area contributed by atoms with Gasteiger partial charge < -0.3 is 19.7 Å². The number of aldehydes is 1. The summed E-state index contributed by atoms with van der Waals surface area (Å²) in [6.07, 6.45) is 6.05. The topological polar surface area (TPSA) is 64.1 Å². The van der Waals surface area contributed by atoms with Gasteiger partial charge in [0.1, 0.15) is 12.0 Å². The highest BCUT2D eigenvalue weighted by atomic mass is 35.5. The number of hydrogen-bond acceptors (Lipinski definition) is 5. The standard InChI is InChI=1S/C20H30ClN3O3/c1-22(18(15-25)13-17-5-6-19(27)14-20(17)21)9-10-24(16-26)12-11-23-7-3-2-4-8-23/h5-6,14-16,18,27H,2-4,7-13H2,1H3. The molecule has 150 valence electrons. The number of aromatic hydroxyl groups is 1. The average Bonchev–Trinajstić information content (AvgIpc) is 2.68. The molecule has 0 aromatic heterocycles. The van der Waals surface area contributed by atoms with Crippen molar-refractivity contribution in [2.24, 2.45) is 0 Å². The minimum absolute atomic E-state index is 0.107. The lowest BCUT2D eigenvalue weighted by Gasteiger charge is -2.30. The first-order valence-electron chi connectivity index (χ1n) is 9.58. The number of amides is 1. The minimum Gasteiger partial charge on any atom is -0.508 e. The number of halogens is 1. The van der Waals surface area contributed by atoms with E-state index in [1.165, 1.54) is 25.3 Å². The van der Waals surface area contributed by atoms with Gasteiger partial charge in [0, 0.05) is 31.2 Å². The number of benzene rings is 1. The summed E-state index contributed by atoms with van der Waals surface area (Å²) in [6, 6.07) is 4.45. The van der Waals surface area contributed by atoms with Gasteiger partial charge in [-0.05, 0) is 57.1 Å². The fraction of sp³-hybridized carbons (Fsp3) is 0.600. The first-order chi connectivity index (χ1) is 13.0. The van der Waals surface area contributed by atoms with E-state index in [-0.39, 0.29) is 11.8 Å². The lowest BCUT2D eigenvalue weighted by atomic mass is 10.1. The SMILES string of the molecule is CN(CCN(C=O)CCN1CCCCC1)C(C=O)Cc1ccc(O)cc1Cl. The smallest absolute Gasteiger partial charge is 0.209 e. The zero-order valence-corrected chi connectivity index (χ0v) is 16.8. The summed E-state index contributed by atoms with van der Waals surface area (Å²) in [5.41, 5.74) is 0.816. The van der Waals surface area contributed by atoms with E-state index < -0.39 is 0 Å². The van der Waals surface area contributed by atoms with E-state index in [0.717, 1.165) is 37.9 Å². The fourth-order valence-electron chi connectivity index (χ4n) is 3.36. The molecule has 1 aromatic rings. The lowest BCUT2D eigenvalue weighted by molar-refractivity contribution is -0.118. The Morgan fingerprint density at radius 1 is 1.19 bits per heavy atom. The number of likely N-dealkylation sites (N-methyl/N-ethyl adjacent to an activating group) is 1. The Bertz CT molecular complexity index is 608. The lowest BCUT2D eigenvalue weighted by Crippen LogP contribution is -2.43. The van der Waals surface area contributed by atoms with Crippen molar-refractivity contribution >= 4 is 24.3 Å². The van der Waals surface area contributed by atoms with Gasteiger partial charge >= 0.3 is 0 Å². The molecule has 1 amide bonds. The van der Waals surface area contributed by atoms with Gasteiger partial charge in [-0.3, -0.25) is 9.69 Å². The maximum absolute atomic E-state index is 11.6. The predicted molar refractivity (Wildman–Crippen MR) is 107 cm³/mol. The normalized spacial score (nSPS) is 16.3. The Morgan fingerprint density at radius 2 is 1.93 bits per heavy atom. The molecular formula is C20H30ClN3O3. The first-order valence-corrected chi connectivity index (χ1v) is 9.96. The number of carbonyl (C=O) groups excluding carboxylic acids is 2. The first kappa shape index (κ1) is 21.7. The van der Waals surface area contributed by atoms with Crippen molar-refractivity contribution in [1.29, 1.82) is 0 Å². The highest BCUT2D eigenvalue weighted by molar-refractivity contribution is 6.31. The maximum atomic E-state index is 11.6. The van der Waals surface area contributed by atoms with Crippen LogP contribution in [0.25, 0.3) is 0 Å².